The third-order valence-electron chi connectivity index (χ3n) is 2.81. The molecule has 1 aromatic rings. The predicted molar refractivity (Wildman–Crippen MR) is 68.8 cm³/mol. The number of sulfone groups is 1. The van der Waals surface area contributed by atoms with Gasteiger partial charge in [0.25, 0.3) is 0 Å². The number of methoxy groups -OCH3 is 1. The molecule has 0 aliphatic carbocycles. The van der Waals surface area contributed by atoms with E-state index in [0.29, 0.717) is 11.6 Å². The first kappa shape index (κ1) is 13.3. The second-order valence-corrected chi connectivity index (χ2v) is 7.60. The van der Waals surface area contributed by atoms with Gasteiger partial charge in [0.05, 0.1) is 24.2 Å². The van der Waals surface area contributed by atoms with Crippen LogP contribution in [-0.2, 0) is 14.6 Å². The van der Waals surface area contributed by atoms with Gasteiger partial charge in [-0.15, -0.1) is 11.3 Å². The molecular formula is C10H14N2O4S2. The summed E-state index contributed by atoms with van der Waals surface area (Å²) >= 11 is 1.26. The lowest BCUT2D eigenvalue weighted by Gasteiger charge is -2.23. The van der Waals surface area contributed by atoms with Gasteiger partial charge in [0.15, 0.2) is 20.7 Å². The Morgan fingerprint density at radius 2 is 2.33 bits per heavy atom. The number of ether oxygens (including phenoxy) is 1. The molecule has 0 spiro atoms. The van der Waals surface area contributed by atoms with E-state index < -0.39 is 21.3 Å². The summed E-state index contributed by atoms with van der Waals surface area (Å²) in [6, 6.07) is 0. The minimum absolute atomic E-state index is 0.0904. The van der Waals surface area contributed by atoms with Crippen LogP contribution in [0, 0.1) is 0 Å². The first-order valence-electron chi connectivity index (χ1n) is 5.36. The molecule has 1 aromatic heterocycles. The number of aromatic nitrogens is 1. The number of carbonyl (C=O) groups excluding carboxylic acids is 1. The fourth-order valence-corrected chi connectivity index (χ4v) is 4.82. The van der Waals surface area contributed by atoms with Crippen molar-refractivity contribution in [2.45, 2.75) is 18.9 Å². The number of hydrogen-bond donors (Lipinski definition) is 1. The average Bonchev–Trinajstić information content (AvgIpc) is 2.83. The fraction of sp³-hybridized carbons (Fsp3) is 0.600. The summed E-state index contributed by atoms with van der Waals surface area (Å²) in [4.78, 5) is 15.3. The van der Waals surface area contributed by atoms with E-state index in [4.69, 9.17) is 0 Å². The lowest BCUT2D eigenvalue weighted by atomic mass is 10.0. The van der Waals surface area contributed by atoms with E-state index >= 15 is 0 Å². The van der Waals surface area contributed by atoms with Crippen molar-refractivity contribution in [2.75, 3.05) is 23.9 Å². The van der Waals surface area contributed by atoms with Crippen LogP contribution in [0.15, 0.2) is 5.38 Å². The van der Waals surface area contributed by atoms with Crippen LogP contribution in [0.3, 0.4) is 0 Å². The number of esters is 1. The monoisotopic (exact) mass is 290 g/mol. The molecular weight excluding hydrogens is 276 g/mol. The topological polar surface area (TPSA) is 85.4 Å². The molecule has 18 heavy (non-hydrogen) atoms. The van der Waals surface area contributed by atoms with Gasteiger partial charge in [0.1, 0.15) is 0 Å². The van der Waals surface area contributed by atoms with Crippen LogP contribution < -0.4 is 5.32 Å². The number of nitrogens with one attached hydrogen (secondary N) is 1. The fourth-order valence-electron chi connectivity index (χ4n) is 1.90. The summed E-state index contributed by atoms with van der Waals surface area (Å²) in [5, 5.41) is 5.21. The average molecular weight is 290 g/mol. The second kappa shape index (κ2) is 4.51. The van der Waals surface area contributed by atoms with Crippen molar-refractivity contribution in [1.29, 1.82) is 0 Å². The van der Waals surface area contributed by atoms with Crippen LogP contribution in [0.1, 0.15) is 23.8 Å². The summed E-state index contributed by atoms with van der Waals surface area (Å²) in [5.41, 5.74) is -0.279. The summed E-state index contributed by atoms with van der Waals surface area (Å²) in [7, 11) is -1.67. The highest BCUT2D eigenvalue weighted by atomic mass is 32.2. The van der Waals surface area contributed by atoms with E-state index in [9.17, 15) is 13.2 Å². The normalized spacial score (nSPS) is 25.9. The van der Waals surface area contributed by atoms with Gasteiger partial charge in [-0.3, -0.25) is 0 Å². The highest BCUT2D eigenvalue weighted by molar-refractivity contribution is 7.91. The molecule has 2 rings (SSSR count). The number of rotatable bonds is 3. The van der Waals surface area contributed by atoms with Gasteiger partial charge in [-0.05, 0) is 13.3 Å². The molecule has 1 aliphatic rings. The van der Waals surface area contributed by atoms with E-state index in [1.165, 1.54) is 18.4 Å². The molecule has 0 aromatic carbocycles. The third kappa shape index (κ3) is 2.81. The molecule has 0 bridgehead atoms. The Balaban J connectivity index is 2.11. The Kier molecular flexibility index (Phi) is 3.33. The second-order valence-electron chi connectivity index (χ2n) is 4.56. The van der Waals surface area contributed by atoms with Crippen molar-refractivity contribution in [2.24, 2.45) is 0 Å². The van der Waals surface area contributed by atoms with Crippen LogP contribution >= 0.6 is 11.3 Å². The van der Waals surface area contributed by atoms with Crippen molar-refractivity contribution >= 4 is 32.3 Å². The van der Waals surface area contributed by atoms with Crippen molar-refractivity contribution < 1.29 is 17.9 Å². The number of anilines is 1. The van der Waals surface area contributed by atoms with Gasteiger partial charge in [-0.25, -0.2) is 18.2 Å². The van der Waals surface area contributed by atoms with Gasteiger partial charge < -0.3 is 10.1 Å². The zero-order valence-corrected chi connectivity index (χ0v) is 11.7. The molecule has 6 nitrogen and oxygen atoms in total. The molecule has 1 saturated heterocycles. The smallest absolute Gasteiger partial charge is 0.357 e. The number of thiazole rings is 1. The van der Waals surface area contributed by atoms with Crippen molar-refractivity contribution in [3.8, 4) is 0 Å². The predicted octanol–water partition coefficient (Wildman–Crippen LogP) is 0.919. The Morgan fingerprint density at radius 1 is 1.61 bits per heavy atom. The van der Waals surface area contributed by atoms with Crippen LogP contribution in [0.4, 0.5) is 5.13 Å². The summed E-state index contributed by atoms with van der Waals surface area (Å²) < 4.78 is 27.5. The summed E-state index contributed by atoms with van der Waals surface area (Å²) in [5.74, 6) is -0.220. The number of nitrogens with zero attached hydrogens (tertiary/aromatic N) is 1. The molecule has 0 saturated carbocycles. The summed E-state index contributed by atoms with van der Waals surface area (Å²) in [6.07, 6.45) is 0.544. The molecule has 1 atom stereocenters. The molecule has 0 amide bonds. The minimum Gasteiger partial charge on any atom is -0.464 e. The molecule has 1 aliphatic heterocycles. The third-order valence-corrected chi connectivity index (χ3v) is 5.47. The maximum absolute atomic E-state index is 11.5. The van der Waals surface area contributed by atoms with Gasteiger partial charge in [-0.2, -0.15) is 0 Å². The van der Waals surface area contributed by atoms with Crippen molar-refractivity contribution in [3.63, 3.8) is 0 Å². The Labute approximate surface area is 109 Å². The van der Waals surface area contributed by atoms with Crippen molar-refractivity contribution in [3.05, 3.63) is 11.1 Å². The Bertz CT molecular complexity index is 566. The molecule has 0 radical (unpaired) electrons. The molecule has 1 fully saturated rings. The van der Waals surface area contributed by atoms with Gasteiger partial charge in [0, 0.05) is 5.38 Å². The van der Waals surface area contributed by atoms with Crippen molar-refractivity contribution in [1.82, 2.24) is 4.98 Å². The molecule has 2 heterocycles. The van der Waals surface area contributed by atoms with Crippen LogP contribution in [0.5, 0.6) is 0 Å². The van der Waals surface area contributed by atoms with Gasteiger partial charge in [0.2, 0.25) is 0 Å². The maximum atomic E-state index is 11.5. The van der Waals surface area contributed by atoms with Gasteiger partial charge in [-0.1, -0.05) is 0 Å². The highest BCUT2D eigenvalue weighted by Crippen LogP contribution is 2.29. The summed E-state index contributed by atoms with van der Waals surface area (Å²) in [6.45, 7) is 1.84. The molecule has 8 heteroatoms. The Morgan fingerprint density at radius 3 is 2.89 bits per heavy atom. The van der Waals surface area contributed by atoms with E-state index in [0.717, 1.165) is 0 Å². The SMILES string of the molecule is COC(=O)c1csc(NC2(C)CCS(=O)(=O)C2)n1. The largest absolute Gasteiger partial charge is 0.464 e. The molecule has 100 valence electrons. The van der Waals surface area contributed by atoms with E-state index in [1.54, 1.807) is 5.38 Å². The lowest BCUT2D eigenvalue weighted by Crippen LogP contribution is -2.35. The van der Waals surface area contributed by atoms with Crippen LogP contribution in [0.2, 0.25) is 0 Å². The van der Waals surface area contributed by atoms with E-state index in [2.05, 4.69) is 15.0 Å². The minimum atomic E-state index is -2.97. The Hall–Kier alpha value is -1.15. The lowest BCUT2D eigenvalue weighted by molar-refractivity contribution is 0.0595. The van der Waals surface area contributed by atoms with Crippen LogP contribution in [0.25, 0.3) is 0 Å². The molecule has 1 unspecified atom stereocenters. The van der Waals surface area contributed by atoms with E-state index in [1.807, 2.05) is 6.92 Å². The van der Waals surface area contributed by atoms with Gasteiger partial charge >= 0.3 is 5.97 Å². The zero-order valence-electron chi connectivity index (χ0n) is 10.1. The zero-order chi connectivity index (χ0) is 13.4. The standard InChI is InChI=1S/C10H14N2O4S2/c1-10(3-4-18(14,15)6-10)12-9-11-7(5-17-9)8(13)16-2/h5H,3-4,6H2,1-2H3,(H,11,12). The van der Waals surface area contributed by atoms with E-state index in [-0.39, 0.29) is 17.2 Å². The quantitative estimate of drug-likeness (QED) is 0.833. The number of carbonyl (C=O) groups is 1. The number of hydrogen-bond acceptors (Lipinski definition) is 7. The van der Waals surface area contributed by atoms with Crippen LogP contribution in [-0.4, -0.2) is 43.5 Å². The maximum Gasteiger partial charge on any atom is 0.357 e. The highest BCUT2D eigenvalue weighted by Gasteiger charge is 2.38. The molecule has 1 N–H and O–H groups in total. The first-order chi connectivity index (χ1) is 8.34. The first-order valence-corrected chi connectivity index (χ1v) is 8.06.